The van der Waals surface area contributed by atoms with Crippen LogP contribution in [0.2, 0.25) is 0 Å². The fourth-order valence-corrected chi connectivity index (χ4v) is 2.53. The minimum Gasteiger partial charge on any atom is -0.493 e. The molecule has 3 aromatic rings. The van der Waals surface area contributed by atoms with E-state index < -0.39 is 0 Å². The van der Waals surface area contributed by atoms with Crippen molar-refractivity contribution in [2.24, 2.45) is 5.10 Å². The lowest BCUT2D eigenvalue weighted by Crippen LogP contribution is -2.10. The quantitative estimate of drug-likeness (QED) is 0.486. The average Bonchev–Trinajstić information content (AvgIpc) is 2.67. The molecule has 0 aliphatic heterocycles. The standard InChI is InChI=1S/C21H22N4O3/c1-14-4-6-16(7-5-14)13-28-19-11-17(8-9-18(19)27-3)12-22-25-21-23-15(2)10-20(26)24-21/h4-12H,13H2,1-3H3,(H2,23,24,25,26)/b22-12-. The minimum atomic E-state index is -0.235. The summed E-state index contributed by atoms with van der Waals surface area (Å²) in [6.45, 7) is 4.22. The lowest BCUT2D eigenvalue weighted by Gasteiger charge is -2.11. The zero-order valence-corrected chi connectivity index (χ0v) is 16.0. The maximum atomic E-state index is 11.4. The van der Waals surface area contributed by atoms with E-state index in [1.165, 1.54) is 11.6 Å². The summed E-state index contributed by atoms with van der Waals surface area (Å²) in [6.07, 6.45) is 1.61. The highest BCUT2D eigenvalue weighted by atomic mass is 16.5. The van der Waals surface area contributed by atoms with E-state index in [2.05, 4.69) is 20.5 Å². The number of hydrogen-bond donors (Lipinski definition) is 2. The van der Waals surface area contributed by atoms with Crippen molar-refractivity contribution in [1.82, 2.24) is 9.97 Å². The highest BCUT2D eigenvalue weighted by molar-refractivity contribution is 5.81. The maximum Gasteiger partial charge on any atom is 0.252 e. The molecule has 0 amide bonds. The predicted octanol–water partition coefficient (Wildman–Crippen LogP) is 3.42. The van der Waals surface area contributed by atoms with Crippen LogP contribution in [0.15, 0.2) is 58.4 Å². The van der Waals surface area contributed by atoms with Gasteiger partial charge in [0.1, 0.15) is 6.61 Å². The topological polar surface area (TPSA) is 88.6 Å². The number of ether oxygens (including phenoxy) is 2. The Hall–Kier alpha value is -3.61. The fourth-order valence-electron chi connectivity index (χ4n) is 2.53. The molecule has 28 heavy (non-hydrogen) atoms. The summed E-state index contributed by atoms with van der Waals surface area (Å²) in [5.74, 6) is 1.54. The van der Waals surface area contributed by atoms with E-state index in [-0.39, 0.29) is 11.5 Å². The van der Waals surface area contributed by atoms with Gasteiger partial charge in [-0.05, 0) is 43.2 Å². The van der Waals surface area contributed by atoms with Crippen LogP contribution < -0.4 is 20.5 Å². The Balaban J connectivity index is 1.70. The number of H-pyrrole nitrogens is 1. The molecule has 3 rings (SSSR count). The zero-order valence-electron chi connectivity index (χ0n) is 16.0. The molecule has 0 unspecified atom stereocenters. The molecule has 0 saturated heterocycles. The third kappa shape index (κ3) is 5.20. The van der Waals surface area contributed by atoms with E-state index >= 15 is 0 Å². The van der Waals surface area contributed by atoms with Gasteiger partial charge in [-0.2, -0.15) is 5.10 Å². The number of methoxy groups -OCH3 is 1. The van der Waals surface area contributed by atoms with Gasteiger partial charge in [0.15, 0.2) is 11.5 Å². The molecule has 2 aromatic carbocycles. The van der Waals surface area contributed by atoms with Gasteiger partial charge in [-0.15, -0.1) is 0 Å². The summed E-state index contributed by atoms with van der Waals surface area (Å²) in [5.41, 5.74) is 6.18. The molecule has 0 bridgehead atoms. The Bertz CT molecular complexity index is 1030. The molecule has 0 saturated carbocycles. The van der Waals surface area contributed by atoms with Gasteiger partial charge in [-0.3, -0.25) is 9.78 Å². The van der Waals surface area contributed by atoms with Gasteiger partial charge in [-0.1, -0.05) is 29.8 Å². The molecular weight excluding hydrogens is 356 g/mol. The molecule has 0 aliphatic carbocycles. The number of nitrogens with zero attached hydrogens (tertiary/aromatic N) is 2. The van der Waals surface area contributed by atoms with Gasteiger partial charge in [0.2, 0.25) is 5.95 Å². The first-order valence-corrected chi connectivity index (χ1v) is 8.77. The number of aryl methyl sites for hydroxylation is 2. The van der Waals surface area contributed by atoms with Crippen molar-refractivity contribution in [3.05, 3.63) is 81.3 Å². The van der Waals surface area contributed by atoms with Gasteiger partial charge in [0.05, 0.1) is 13.3 Å². The third-order valence-corrected chi connectivity index (χ3v) is 3.96. The van der Waals surface area contributed by atoms with E-state index in [0.717, 1.165) is 11.1 Å². The van der Waals surface area contributed by atoms with E-state index in [1.54, 1.807) is 20.2 Å². The summed E-state index contributed by atoms with van der Waals surface area (Å²) >= 11 is 0. The third-order valence-electron chi connectivity index (χ3n) is 3.96. The van der Waals surface area contributed by atoms with E-state index in [9.17, 15) is 4.79 Å². The molecule has 0 atom stereocenters. The number of anilines is 1. The Morgan fingerprint density at radius 2 is 1.89 bits per heavy atom. The number of aromatic amines is 1. The fraction of sp³-hybridized carbons (Fsp3) is 0.190. The van der Waals surface area contributed by atoms with Crippen LogP contribution in [0.5, 0.6) is 11.5 Å². The van der Waals surface area contributed by atoms with Crippen LogP contribution in [-0.2, 0) is 6.61 Å². The molecule has 0 radical (unpaired) electrons. The van der Waals surface area contributed by atoms with Gasteiger partial charge in [-0.25, -0.2) is 10.4 Å². The van der Waals surface area contributed by atoms with Gasteiger partial charge < -0.3 is 9.47 Å². The highest BCUT2D eigenvalue weighted by Gasteiger charge is 2.06. The first-order chi connectivity index (χ1) is 13.5. The largest absolute Gasteiger partial charge is 0.493 e. The molecule has 7 heteroatoms. The second kappa shape index (κ2) is 8.85. The lowest BCUT2D eigenvalue weighted by atomic mass is 10.1. The van der Waals surface area contributed by atoms with Crippen LogP contribution in [0.4, 0.5) is 5.95 Å². The van der Waals surface area contributed by atoms with Crippen LogP contribution >= 0.6 is 0 Å². The maximum absolute atomic E-state index is 11.4. The van der Waals surface area contributed by atoms with Crippen LogP contribution in [0.3, 0.4) is 0 Å². The summed E-state index contributed by atoms with van der Waals surface area (Å²) < 4.78 is 11.3. The minimum absolute atomic E-state index is 0.235. The van der Waals surface area contributed by atoms with Crippen molar-refractivity contribution >= 4 is 12.2 Å². The van der Waals surface area contributed by atoms with E-state index in [1.807, 2.05) is 49.4 Å². The molecule has 0 fully saturated rings. The lowest BCUT2D eigenvalue weighted by molar-refractivity contribution is 0.284. The summed E-state index contributed by atoms with van der Waals surface area (Å²) in [4.78, 5) is 18.2. The number of hydrazone groups is 1. The van der Waals surface area contributed by atoms with Crippen LogP contribution in [0.1, 0.15) is 22.4 Å². The van der Waals surface area contributed by atoms with Crippen LogP contribution in [0.25, 0.3) is 0 Å². The Kier molecular flexibility index (Phi) is 6.06. The number of nitrogens with one attached hydrogen (secondary N) is 2. The second-order valence-corrected chi connectivity index (χ2v) is 6.29. The van der Waals surface area contributed by atoms with Crippen molar-refractivity contribution in [3.8, 4) is 11.5 Å². The Morgan fingerprint density at radius 3 is 2.61 bits per heavy atom. The molecular formula is C21H22N4O3. The van der Waals surface area contributed by atoms with Gasteiger partial charge in [0, 0.05) is 11.8 Å². The van der Waals surface area contributed by atoms with Crippen molar-refractivity contribution in [1.29, 1.82) is 0 Å². The normalized spacial score (nSPS) is 10.8. The first kappa shape index (κ1) is 19.2. The first-order valence-electron chi connectivity index (χ1n) is 8.77. The van der Waals surface area contributed by atoms with Crippen molar-refractivity contribution < 1.29 is 9.47 Å². The average molecular weight is 378 g/mol. The molecule has 1 heterocycles. The van der Waals surface area contributed by atoms with Gasteiger partial charge in [0.25, 0.3) is 5.56 Å². The van der Waals surface area contributed by atoms with Crippen LogP contribution in [-0.4, -0.2) is 23.3 Å². The van der Waals surface area contributed by atoms with Crippen molar-refractivity contribution in [3.63, 3.8) is 0 Å². The number of hydrogen-bond acceptors (Lipinski definition) is 6. The molecule has 1 aromatic heterocycles. The summed E-state index contributed by atoms with van der Waals surface area (Å²) in [7, 11) is 1.60. The number of rotatable bonds is 7. The van der Waals surface area contributed by atoms with Crippen molar-refractivity contribution in [2.75, 3.05) is 12.5 Å². The highest BCUT2D eigenvalue weighted by Crippen LogP contribution is 2.28. The summed E-state index contributed by atoms with van der Waals surface area (Å²) in [5, 5.41) is 4.11. The SMILES string of the molecule is COc1ccc(/C=N\Nc2nc(C)cc(=O)[nH]2)cc1OCc1ccc(C)cc1. The van der Waals surface area contributed by atoms with Crippen molar-refractivity contribution in [2.45, 2.75) is 20.5 Å². The number of aromatic nitrogens is 2. The molecule has 2 N–H and O–H groups in total. The molecule has 7 nitrogen and oxygen atoms in total. The summed E-state index contributed by atoms with van der Waals surface area (Å²) in [6, 6.07) is 15.1. The number of benzene rings is 2. The van der Waals surface area contributed by atoms with Gasteiger partial charge >= 0.3 is 0 Å². The molecule has 0 spiro atoms. The Labute approximate surface area is 163 Å². The molecule has 144 valence electrons. The zero-order chi connectivity index (χ0) is 19.9. The van der Waals surface area contributed by atoms with Crippen LogP contribution in [0, 0.1) is 13.8 Å². The monoisotopic (exact) mass is 378 g/mol. The van der Waals surface area contributed by atoms with E-state index in [4.69, 9.17) is 9.47 Å². The second-order valence-electron chi connectivity index (χ2n) is 6.29. The smallest absolute Gasteiger partial charge is 0.252 e. The predicted molar refractivity (Wildman–Crippen MR) is 109 cm³/mol. The molecule has 0 aliphatic rings. The Morgan fingerprint density at radius 1 is 1.11 bits per heavy atom. The van der Waals surface area contributed by atoms with E-state index in [0.29, 0.717) is 23.8 Å².